The molecule has 0 radical (unpaired) electrons. The van der Waals surface area contributed by atoms with Gasteiger partial charge in [-0.3, -0.25) is 4.79 Å². The van der Waals surface area contributed by atoms with Crippen LogP contribution in [-0.4, -0.2) is 18.0 Å². The molecular formula is C15H31ClN2O. The number of carbonyl (C=O) groups excluding carboxylic acids is 1. The first-order valence-electron chi connectivity index (χ1n) is 7.13. The maximum absolute atomic E-state index is 11.9. The number of amides is 1. The van der Waals surface area contributed by atoms with Crippen LogP contribution in [0.4, 0.5) is 0 Å². The van der Waals surface area contributed by atoms with Gasteiger partial charge in [0.25, 0.3) is 0 Å². The Kier molecular flexibility index (Phi) is 6.84. The van der Waals surface area contributed by atoms with Gasteiger partial charge in [0.15, 0.2) is 0 Å². The minimum atomic E-state index is -0.325. The maximum Gasteiger partial charge on any atom is 0.220 e. The van der Waals surface area contributed by atoms with Gasteiger partial charge >= 0.3 is 0 Å². The summed E-state index contributed by atoms with van der Waals surface area (Å²) in [6, 6.07) is 0. The average molecular weight is 291 g/mol. The van der Waals surface area contributed by atoms with Crippen LogP contribution in [0, 0.1) is 17.3 Å². The molecule has 3 N–H and O–H groups in total. The zero-order chi connectivity index (χ0) is 14.0. The van der Waals surface area contributed by atoms with E-state index in [4.69, 9.17) is 5.73 Å². The number of carbonyl (C=O) groups is 1. The number of hydrogen-bond acceptors (Lipinski definition) is 2. The van der Waals surface area contributed by atoms with Crippen LogP contribution in [0.5, 0.6) is 0 Å². The molecule has 0 bridgehead atoms. The van der Waals surface area contributed by atoms with Crippen molar-refractivity contribution in [2.24, 2.45) is 23.0 Å². The van der Waals surface area contributed by atoms with Gasteiger partial charge in [0, 0.05) is 18.5 Å². The summed E-state index contributed by atoms with van der Waals surface area (Å²) in [6.45, 7) is 11.3. The highest BCUT2D eigenvalue weighted by atomic mass is 35.5. The smallest absolute Gasteiger partial charge is 0.220 e. The SMILES string of the molecule is CC1CC(CC(=O)NCC(C)(C)N)CC(C)(C)C1.Cl. The van der Waals surface area contributed by atoms with Crippen molar-refractivity contribution in [1.29, 1.82) is 0 Å². The predicted octanol–water partition coefficient (Wildman–Crippen LogP) is 3.11. The third-order valence-electron chi connectivity index (χ3n) is 3.69. The van der Waals surface area contributed by atoms with Crippen LogP contribution in [0.2, 0.25) is 0 Å². The molecule has 0 aromatic rings. The van der Waals surface area contributed by atoms with Gasteiger partial charge < -0.3 is 11.1 Å². The molecule has 0 spiro atoms. The van der Waals surface area contributed by atoms with E-state index < -0.39 is 0 Å². The highest BCUT2D eigenvalue weighted by molar-refractivity contribution is 5.85. The number of nitrogens with two attached hydrogens (primary N) is 1. The Hall–Kier alpha value is -0.280. The van der Waals surface area contributed by atoms with Gasteiger partial charge in [0.05, 0.1) is 0 Å². The van der Waals surface area contributed by atoms with Gasteiger partial charge in [-0.25, -0.2) is 0 Å². The van der Waals surface area contributed by atoms with Gasteiger partial charge in [-0.1, -0.05) is 20.8 Å². The van der Waals surface area contributed by atoms with Gasteiger partial charge in [0.2, 0.25) is 5.91 Å². The molecule has 1 rings (SSSR count). The van der Waals surface area contributed by atoms with E-state index in [-0.39, 0.29) is 23.9 Å². The van der Waals surface area contributed by atoms with Crippen molar-refractivity contribution in [1.82, 2.24) is 5.32 Å². The maximum atomic E-state index is 11.9. The summed E-state index contributed by atoms with van der Waals surface area (Å²) in [5.74, 6) is 1.42. The largest absolute Gasteiger partial charge is 0.354 e. The minimum absolute atomic E-state index is 0. The van der Waals surface area contributed by atoms with Crippen LogP contribution in [-0.2, 0) is 4.79 Å². The van der Waals surface area contributed by atoms with Crippen molar-refractivity contribution in [3.8, 4) is 0 Å². The van der Waals surface area contributed by atoms with Crippen molar-refractivity contribution in [3.05, 3.63) is 0 Å². The van der Waals surface area contributed by atoms with Crippen molar-refractivity contribution in [2.45, 2.75) is 65.8 Å². The molecule has 0 heterocycles. The summed E-state index contributed by atoms with van der Waals surface area (Å²) in [5.41, 5.74) is 5.93. The van der Waals surface area contributed by atoms with E-state index in [1.54, 1.807) is 0 Å². The molecule has 1 amide bonds. The van der Waals surface area contributed by atoms with E-state index in [2.05, 4.69) is 26.1 Å². The third kappa shape index (κ3) is 7.78. The molecule has 1 aliphatic carbocycles. The second kappa shape index (κ2) is 6.94. The third-order valence-corrected chi connectivity index (χ3v) is 3.69. The molecule has 0 aromatic carbocycles. The fraction of sp³-hybridized carbons (Fsp3) is 0.933. The first-order valence-corrected chi connectivity index (χ1v) is 7.13. The molecule has 0 aromatic heterocycles. The summed E-state index contributed by atoms with van der Waals surface area (Å²) < 4.78 is 0. The van der Waals surface area contributed by atoms with E-state index >= 15 is 0 Å². The van der Waals surface area contributed by atoms with E-state index in [0.29, 0.717) is 24.3 Å². The molecule has 4 heteroatoms. The van der Waals surface area contributed by atoms with E-state index in [1.165, 1.54) is 12.8 Å². The molecule has 3 nitrogen and oxygen atoms in total. The molecule has 19 heavy (non-hydrogen) atoms. The van der Waals surface area contributed by atoms with Crippen LogP contribution in [0.3, 0.4) is 0 Å². The lowest BCUT2D eigenvalue weighted by Crippen LogP contribution is -2.45. The van der Waals surface area contributed by atoms with Crippen molar-refractivity contribution in [3.63, 3.8) is 0 Å². The van der Waals surface area contributed by atoms with Crippen molar-refractivity contribution in [2.75, 3.05) is 6.54 Å². The van der Waals surface area contributed by atoms with Crippen molar-refractivity contribution < 1.29 is 4.79 Å². The van der Waals surface area contributed by atoms with E-state index in [9.17, 15) is 4.79 Å². The van der Waals surface area contributed by atoms with Gasteiger partial charge in [0.1, 0.15) is 0 Å². The van der Waals surface area contributed by atoms with Crippen LogP contribution in [0.25, 0.3) is 0 Å². The minimum Gasteiger partial charge on any atom is -0.354 e. The van der Waals surface area contributed by atoms with E-state index in [1.807, 2.05) is 13.8 Å². The fourth-order valence-corrected chi connectivity index (χ4v) is 3.36. The molecule has 0 aliphatic heterocycles. The molecular weight excluding hydrogens is 260 g/mol. The molecule has 2 atom stereocenters. The number of nitrogens with one attached hydrogen (secondary N) is 1. The number of hydrogen-bond donors (Lipinski definition) is 2. The average Bonchev–Trinajstić information content (AvgIpc) is 2.09. The Morgan fingerprint density at radius 1 is 1.37 bits per heavy atom. The monoisotopic (exact) mass is 290 g/mol. The molecule has 1 aliphatic rings. The summed E-state index contributed by atoms with van der Waals surface area (Å²) in [5, 5.41) is 2.95. The van der Waals surface area contributed by atoms with Crippen LogP contribution in [0.15, 0.2) is 0 Å². The molecule has 0 saturated heterocycles. The molecule has 2 unspecified atom stereocenters. The topological polar surface area (TPSA) is 55.1 Å². The lowest BCUT2D eigenvalue weighted by molar-refractivity contribution is -0.122. The predicted molar refractivity (Wildman–Crippen MR) is 83.4 cm³/mol. The first kappa shape index (κ1) is 18.7. The summed E-state index contributed by atoms with van der Waals surface area (Å²) in [6.07, 6.45) is 4.28. The summed E-state index contributed by atoms with van der Waals surface area (Å²) in [4.78, 5) is 11.9. The highest BCUT2D eigenvalue weighted by Gasteiger charge is 2.32. The Balaban J connectivity index is 0.00000324. The fourth-order valence-electron chi connectivity index (χ4n) is 3.36. The lowest BCUT2D eigenvalue weighted by atomic mass is 9.67. The summed E-state index contributed by atoms with van der Waals surface area (Å²) in [7, 11) is 0. The van der Waals surface area contributed by atoms with Gasteiger partial charge in [-0.05, 0) is 50.4 Å². The van der Waals surface area contributed by atoms with Crippen LogP contribution < -0.4 is 11.1 Å². The highest BCUT2D eigenvalue weighted by Crippen LogP contribution is 2.42. The molecule has 1 saturated carbocycles. The Morgan fingerprint density at radius 2 is 1.95 bits per heavy atom. The molecule has 114 valence electrons. The second-order valence-electron chi connectivity index (χ2n) is 7.75. The van der Waals surface area contributed by atoms with Gasteiger partial charge in [-0.2, -0.15) is 0 Å². The van der Waals surface area contributed by atoms with Crippen LogP contribution >= 0.6 is 12.4 Å². The quantitative estimate of drug-likeness (QED) is 0.836. The summed E-state index contributed by atoms with van der Waals surface area (Å²) >= 11 is 0. The van der Waals surface area contributed by atoms with E-state index in [0.717, 1.165) is 12.3 Å². The first-order chi connectivity index (χ1) is 8.07. The van der Waals surface area contributed by atoms with Crippen LogP contribution in [0.1, 0.15) is 60.3 Å². The lowest BCUT2D eigenvalue weighted by Gasteiger charge is -2.38. The zero-order valence-corrected chi connectivity index (χ0v) is 13.9. The standard InChI is InChI=1S/C15H30N2O.ClH/c1-11-6-12(9-14(2,3)8-11)7-13(18)17-10-15(4,5)16;/h11-12H,6-10,16H2,1-5H3,(H,17,18);1H. The van der Waals surface area contributed by atoms with Crippen molar-refractivity contribution >= 4 is 18.3 Å². The zero-order valence-electron chi connectivity index (χ0n) is 13.1. The number of halogens is 1. The number of rotatable bonds is 4. The normalized spacial score (nSPS) is 26.4. The van der Waals surface area contributed by atoms with Gasteiger partial charge in [-0.15, -0.1) is 12.4 Å². The Morgan fingerprint density at radius 3 is 2.42 bits per heavy atom. The second-order valence-corrected chi connectivity index (χ2v) is 7.75. The Bertz CT molecular complexity index is 297. The Labute approximate surface area is 124 Å². The molecule has 1 fully saturated rings.